The molecule has 0 saturated carbocycles. The van der Waals surface area contributed by atoms with Gasteiger partial charge in [-0.25, -0.2) is 0 Å². The zero-order chi connectivity index (χ0) is 18.0. The number of thiazole rings is 1. The molecule has 1 heterocycles. The van der Waals surface area contributed by atoms with E-state index in [1.54, 1.807) is 41.0 Å². The number of benzene rings is 2. The van der Waals surface area contributed by atoms with E-state index in [9.17, 15) is 4.79 Å². The predicted molar refractivity (Wildman–Crippen MR) is 102 cm³/mol. The van der Waals surface area contributed by atoms with Crippen molar-refractivity contribution in [2.45, 2.75) is 6.54 Å². The lowest BCUT2D eigenvalue weighted by atomic mass is 10.2. The third-order valence-corrected chi connectivity index (χ3v) is 5.01. The van der Waals surface area contributed by atoms with Crippen LogP contribution >= 0.6 is 34.5 Å². The monoisotopic (exact) mass is 390 g/mol. The SMILES string of the molecule is C#CCn1c(=NC(=O)c2ccccc2OC)sc2cc(Cl)cc(Cl)c21. The van der Waals surface area contributed by atoms with Gasteiger partial charge in [0.2, 0.25) is 0 Å². The Morgan fingerprint density at radius 2 is 2.12 bits per heavy atom. The lowest BCUT2D eigenvalue weighted by Gasteiger charge is -2.04. The van der Waals surface area contributed by atoms with Gasteiger partial charge in [-0.3, -0.25) is 4.79 Å². The zero-order valence-corrected chi connectivity index (χ0v) is 15.5. The maximum Gasteiger partial charge on any atom is 0.283 e. The van der Waals surface area contributed by atoms with Crippen molar-refractivity contribution in [2.75, 3.05) is 7.11 Å². The molecule has 0 spiro atoms. The summed E-state index contributed by atoms with van der Waals surface area (Å²) in [5, 5.41) is 0.967. The van der Waals surface area contributed by atoms with Crippen molar-refractivity contribution in [1.29, 1.82) is 0 Å². The van der Waals surface area contributed by atoms with Crippen LogP contribution in [0.4, 0.5) is 0 Å². The van der Waals surface area contributed by atoms with Crippen molar-refractivity contribution in [3.8, 4) is 18.1 Å². The number of methoxy groups -OCH3 is 1. The summed E-state index contributed by atoms with van der Waals surface area (Å²) in [5.74, 6) is 2.60. The molecule has 0 aliphatic carbocycles. The number of hydrogen-bond donors (Lipinski definition) is 0. The molecular weight excluding hydrogens is 379 g/mol. The molecule has 4 nitrogen and oxygen atoms in total. The zero-order valence-electron chi connectivity index (χ0n) is 13.1. The Kier molecular flexibility index (Phi) is 5.14. The predicted octanol–water partition coefficient (Wildman–Crippen LogP) is 4.39. The van der Waals surface area contributed by atoms with Crippen molar-refractivity contribution in [1.82, 2.24) is 4.57 Å². The van der Waals surface area contributed by atoms with Crippen molar-refractivity contribution < 1.29 is 9.53 Å². The van der Waals surface area contributed by atoms with Gasteiger partial charge in [-0.15, -0.1) is 6.42 Å². The van der Waals surface area contributed by atoms with E-state index in [0.29, 0.717) is 31.7 Å². The first-order valence-electron chi connectivity index (χ1n) is 7.19. The van der Waals surface area contributed by atoms with Crippen LogP contribution < -0.4 is 9.54 Å². The maximum atomic E-state index is 12.6. The number of aromatic nitrogens is 1. The molecule has 1 aromatic heterocycles. The second-order valence-corrected chi connectivity index (χ2v) is 6.88. The Morgan fingerprint density at radius 1 is 1.36 bits per heavy atom. The fourth-order valence-corrected chi connectivity index (χ4v) is 4.23. The Morgan fingerprint density at radius 3 is 2.84 bits per heavy atom. The Balaban J connectivity index is 2.22. The molecule has 1 amide bonds. The van der Waals surface area contributed by atoms with Crippen LogP contribution in [0.5, 0.6) is 5.75 Å². The van der Waals surface area contributed by atoms with Gasteiger partial charge in [0.1, 0.15) is 5.75 Å². The van der Waals surface area contributed by atoms with E-state index in [1.807, 2.05) is 0 Å². The fourth-order valence-electron chi connectivity index (χ4n) is 2.42. The molecule has 0 aliphatic heterocycles. The second kappa shape index (κ2) is 7.32. The Hall–Kier alpha value is -2.26. The van der Waals surface area contributed by atoms with Crippen LogP contribution in [0.15, 0.2) is 41.4 Å². The highest BCUT2D eigenvalue weighted by Gasteiger charge is 2.14. The van der Waals surface area contributed by atoms with Crippen LogP contribution in [-0.4, -0.2) is 17.6 Å². The van der Waals surface area contributed by atoms with Crippen LogP contribution in [0.1, 0.15) is 10.4 Å². The van der Waals surface area contributed by atoms with Crippen molar-refractivity contribution in [2.24, 2.45) is 4.99 Å². The van der Waals surface area contributed by atoms with Gasteiger partial charge in [-0.1, -0.05) is 52.6 Å². The summed E-state index contributed by atoms with van der Waals surface area (Å²) < 4.78 is 7.75. The number of hydrogen-bond acceptors (Lipinski definition) is 3. The van der Waals surface area contributed by atoms with Crippen LogP contribution in [-0.2, 0) is 6.54 Å². The van der Waals surface area contributed by atoms with Gasteiger partial charge in [0, 0.05) is 5.02 Å². The van der Waals surface area contributed by atoms with E-state index < -0.39 is 5.91 Å². The number of halogens is 2. The summed E-state index contributed by atoms with van der Waals surface area (Å²) in [4.78, 5) is 17.3. The first kappa shape index (κ1) is 17.6. The highest BCUT2D eigenvalue weighted by molar-refractivity contribution is 7.16. The van der Waals surface area contributed by atoms with Gasteiger partial charge in [-0.05, 0) is 24.3 Å². The number of nitrogens with zero attached hydrogens (tertiary/aromatic N) is 2. The molecule has 7 heteroatoms. The first-order valence-corrected chi connectivity index (χ1v) is 8.76. The Labute approximate surface area is 158 Å². The number of amides is 1. The van der Waals surface area contributed by atoms with Gasteiger partial charge in [0.15, 0.2) is 4.80 Å². The van der Waals surface area contributed by atoms with E-state index in [2.05, 4.69) is 10.9 Å². The highest BCUT2D eigenvalue weighted by Crippen LogP contribution is 2.29. The number of carbonyl (C=O) groups is 1. The number of para-hydroxylation sites is 1. The van der Waals surface area contributed by atoms with Crippen molar-refractivity contribution >= 4 is 50.7 Å². The molecule has 0 saturated heterocycles. The summed E-state index contributed by atoms with van der Waals surface area (Å²) in [6, 6.07) is 10.3. The first-order chi connectivity index (χ1) is 12.0. The molecule has 3 aromatic rings. The van der Waals surface area contributed by atoms with Crippen LogP contribution in [0, 0.1) is 12.3 Å². The van der Waals surface area contributed by atoms with E-state index in [4.69, 9.17) is 34.4 Å². The molecule has 126 valence electrons. The summed E-state index contributed by atoms with van der Waals surface area (Å²) in [6.07, 6.45) is 5.47. The number of ether oxygens (including phenoxy) is 1. The summed E-state index contributed by atoms with van der Waals surface area (Å²) >= 11 is 13.7. The summed E-state index contributed by atoms with van der Waals surface area (Å²) in [7, 11) is 1.51. The third-order valence-electron chi connectivity index (χ3n) is 3.48. The van der Waals surface area contributed by atoms with Crippen LogP contribution in [0.2, 0.25) is 10.0 Å². The molecule has 0 aliphatic rings. The number of fused-ring (bicyclic) bond motifs is 1. The average Bonchev–Trinajstić information content (AvgIpc) is 2.92. The fraction of sp³-hybridized carbons (Fsp3) is 0.111. The molecule has 0 bridgehead atoms. The molecule has 0 unspecified atom stereocenters. The molecule has 3 rings (SSSR count). The number of rotatable bonds is 3. The van der Waals surface area contributed by atoms with E-state index in [-0.39, 0.29) is 6.54 Å². The van der Waals surface area contributed by atoms with E-state index >= 15 is 0 Å². The smallest absolute Gasteiger partial charge is 0.283 e. The molecule has 0 fully saturated rings. The second-order valence-electron chi connectivity index (χ2n) is 5.03. The summed E-state index contributed by atoms with van der Waals surface area (Å²) in [6.45, 7) is 0.236. The minimum Gasteiger partial charge on any atom is -0.496 e. The maximum absolute atomic E-state index is 12.6. The standard InChI is InChI=1S/C18H12Cl2N2O2S/c1-3-8-22-16-13(20)9-11(19)10-15(16)25-18(22)21-17(23)12-6-4-5-7-14(12)24-2/h1,4-7,9-10H,8H2,2H3. The third kappa shape index (κ3) is 3.42. The van der Waals surface area contributed by atoms with Gasteiger partial charge in [0.05, 0.1) is 34.5 Å². The molecule has 0 N–H and O–H groups in total. The van der Waals surface area contributed by atoms with Gasteiger partial charge in [0.25, 0.3) is 5.91 Å². The summed E-state index contributed by atoms with van der Waals surface area (Å²) in [5.41, 5.74) is 1.08. The molecule has 25 heavy (non-hydrogen) atoms. The minimum atomic E-state index is -0.419. The molecular formula is C18H12Cl2N2O2S. The highest BCUT2D eigenvalue weighted by atomic mass is 35.5. The number of terminal acetylenes is 1. The minimum absolute atomic E-state index is 0.236. The van der Waals surface area contributed by atoms with Crippen LogP contribution in [0.25, 0.3) is 10.2 Å². The van der Waals surface area contributed by atoms with Crippen LogP contribution in [0.3, 0.4) is 0 Å². The number of carbonyl (C=O) groups excluding carboxylic acids is 1. The van der Waals surface area contributed by atoms with Gasteiger partial charge in [-0.2, -0.15) is 4.99 Å². The Bertz CT molecular complexity index is 1080. The topological polar surface area (TPSA) is 43.6 Å². The van der Waals surface area contributed by atoms with Crippen molar-refractivity contribution in [3.05, 3.63) is 56.8 Å². The molecule has 2 aromatic carbocycles. The molecule has 0 atom stereocenters. The quantitative estimate of drug-likeness (QED) is 0.622. The van der Waals surface area contributed by atoms with Gasteiger partial charge >= 0.3 is 0 Å². The largest absolute Gasteiger partial charge is 0.496 e. The van der Waals surface area contributed by atoms with E-state index in [1.165, 1.54) is 18.4 Å². The average molecular weight is 391 g/mol. The lowest BCUT2D eigenvalue weighted by Crippen LogP contribution is -2.16. The van der Waals surface area contributed by atoms with Gasteiger partial charge < -0.3 is 9.30 Å². The lowest BCUT2D eigenvalue weighted by molar-refractivity contribution is 0.0995. The van der Waals surface area contributed by atoms with E-state index in [0.717, 1.165) is 4.70 Å². The molecule has 0 radical (unpaired) electrons. The normalized spacial score (nSPS) is 11.5. The van der Waals surface area contributed by atoms with Crippen molar-refractivity contribution in [3.63, 3.8) is 0 Å².